The number of carbonyl (C=O) groups excluding carboxylic acids is 2. The molecule has 1 heterocycles. The molecule has 41 heavy (non-hydrogen) atoms. The standard InChI is InChI=1S/C32H35NO7S/c1-19-15-22(16-20(2)29(19)40-32(3,4)30(35)36)26-17-33(31(37)39-24-11-9-23(38-5)10-12-24)18-27(26)28(34)21-7-13-25(41-6)14-8-21/h7-16,26-27H,17-18H2,1-6H3,(H,35,36)/t26-,27+/m0/s1. The molecule has 1 aliphatic heterocycles. The molecule has 4 rings (SSSR count). The van der Waals surface area contributed by atoms with Crippen LogP contribution in [0.15, 0.2) is 65.6 Å². The number of ketones is 1. The third kappa shape index (κ3) is 6.68. The maximum absolute atomic E-state index is 13.8. The van der Waals surface area contributed by atoms with Crippen LogP contribution in [-0.2, 0) is 4.79 Å². The highest BCUT2D eigenvalue weighted by atomic mass is 32.2. The molecular formula is C32H35NO7S. The minimum absolute atomic E-state index is 0.0509. The van der Waals surface area contributed by atoms with Crippen molar-refractivity contribution in [3.05, 3.63) is 82.9 Å². The number of likely N-dealkylation sites (tertiary alicyclic amines) is 1. The molecule has 8 nitrogen and oxygen atoms in total. The molecule has 1 saturated heterocycles. The van der Waals surface area contributed by atoms with E-state index in [1.807, 2.05) is 56.5 Å². The van der Waals surface area contributed by atoms with Crippen LogP contribution in [-0.4, -0.2) is 59.9 Å². The Labute approximate surface area is 244 Å². The first-order chi connectivity index (χ1) is 19.4. The number of hydrogen-bond donors (Lipinski definition) is 1. The van der Waals surface area contributed by atoms with Crippen LogP contribution in [0.5, 0.6) is 17.2 Å². The molecule has 0 spiro atoms. The van der Waals surface area contributed by atoms with E-state index in [0.717, 1.165) is 21.6 Å². The Balaban J connectivity index is 1.65. The first kappa shape index (κ1) is 30.0. The molecule has 0 bridgehead atoms. The smallest absolute Gasteiger partial charge is 0.415 e. The lowest BCUT2D eigenvalue weighted by molar-refractivity contribution is -0.152. The minimum atomic E-state index is -1.41. The molecule has 1 amide bonds. The average Bonchev–Trinajstić information content (AvgIpc) is 3.41. The lowest BCUT2D eigenvalue weighted by Crippen LogP contribution is -2.38. The van der Waals surface area contributed by atoms with Gasteiger partial charge in [0.15, 0.2) is 11.4 Å². The van der Waals surface area contributed by atoms with Gasteiger partial charge < -0.3 is 24.2 Å². The van der Waals surface area contributed by atoms with Gasteiger partial charge in [-0.1, -0.05) is 24.3 Å². The van der Waals surface area contributed by atoms with Crippen molar-refractivity contribution < 1.29 is 33.7 Å². The summed E-state index contributed by atoms with van der Waals surface area (Å²) in [5, 5.41) is 9.54. The van der Waals surface area contributed by atoms with Gasteiger partial charge in [-0.3, -0.25) is 4.79 Å². The number of aliphatic carboxylic acids is 1. The number of carboxylic acids is 1. The summed E-state index contributed by atoms with van der Waals surface area (Å²) in [6.45, 7) is 7.20. The Morgan fingerprint density at radius 2 is 1.51 bits per heavy atom. The molecule has 216 valence electrons. The van der Waals surface area contributed by atoms with Crippen LogP contribution in [0.2, 0.25) is 0 Å². The van der Waals surface area contributed by atoms with Gasteiger partial charge >= 0.3 is 12.1 Å². The molecular weight excluding hydrogens is 542 g/mol. The van der Waals surface area contributed by atoms with E-state index in [9.17, 15) is 19.5 Å². The second-order valence-corrected chi connectivity index (χ2v) is 11.5. The monoisotopic (exact) mass is 577 g/mol. The summed E-state index contributed by atoms with van der Waals surface area (Å²) >= 11 is 1.60. The van der Waals surface area contributed by atoms with Crippen LogP contribution in [0.4, 0.5) is 4.79 Å². The fourth-order valence-corrected chi connectivity index (χ4v) is 5.40. The van der Waals surface area contributed by atoms with Crippen LogP contribution in [0, 0.1) is 19.8 Å². The molecule has 0 aromatic heterocycles. The van der Waals surface area contributed by atoms with Crippen LogP contribution in [0.25, 0.3) is 0 Å². The Hall–Kier alpha value is -3.98. The highest BCUT2D eigenvalue weighted by molar-refractivity contribution is 7.98. The maximum atomic E-state index is 13.8. The van der Waals surface area contributed by atoms with Crippen molar-refractivity contribution in [2.24, 2.45) is 5.92 Å². The quantitative estimate of drug-likeness (QED) is 0.231. The van der Waals surface area contributed by atoms with Crippen molar-refractivity contribution >= 4 is 29.6 Å². The van der Waals surface area contributed by atoms with E-state index >= 15 is 0 Å². The summed E-state index contributed by atoms with van der Waals surface area (Å²) < 4.78 is 16.7. The summed E-state index contributed by atoms with van der Waals surface area (Å²) in [7, 11) is 1.56. The van der Waals surface area contributed by atoms with Gasteiger partial charge in [-0.15, -0.1) is 11.8 Å². The fourth-order valence-electron chi connectivity index (χ4n) is 4.99. The van der Waals surface area contributed by atoms with E-state index < -0.39 is 23.6 Å². The third-order valence-electron chi connectivity index (χ3n) is 7.34. The van der Waals surface area contributed by atoms with E-state index in [1.54, 1.807) is 48.0 Å². The van der Waals surface area contributed by atoms with Crippen molar-refractivity contribution in [2.45, 2.75) is 44.1 Å². The topological polar surface area (TPSA) is 102 Å². The van der Waals surface area contributed by atoms with Crippen molar-refractivity contribution in [3.63, 3.8) is 0 Å². The number of hydrogen-bond acceptors (Lipinski definition) is 7. The van der Waals surface area contributed by atoms with Crippen molar-refractivity contribution in [1.82, 2.24) is 4.90 Å². The number of nitrogens with zero attached hydrogens (tertiary/aromatic N) is 1. The number of Topliss-reactive ketones (excluding diaryl/α,β-unsaturated/α-hetero) is 1. The summed E-state index contributed by atoms with van der Waals surface area (Å²) in [6, 6.07) is 18.1. The van der Waals surface area contributed by atoms with Gasteiger partial charge in [-0.05, 0) is 87.0 Å². The van der Waals surface area contributed by atoms with Crippen LogP contribution >= 0.6 is 11.8 Å². The SMILES string of the molecule is COc1ccc(OC(=O)N2C[C@@H](C(=O)c3ccc(SC)cc3)[C@H](c3cc(C)c(OC(C)(C)C(=O)O)c(C)c3)C2)cc1. The number of ether oxygens (including phenoxy) is 3. The fraction of sp³-hybridized carbons (Fsp3) is 0.344. The molecule has 9 heteroatoms. The largest absolute Gasteiger partial charge is 0.497 e. The predicted octanol–water partition coefficient (Wildman–Crippen LogP) is 6.37. The van der Waals surface area contributed by atoms with E-state index in [-0.39, 0.29) is 24.8 Å². The average molecular weight is 578 g/mol. The molecule has 0 aliphatic carbocycles. The van der Waals surface area contributed by atoms with Gasteiger partial charge in [-0.25, -0.2) is 9.59 Å². The highest BCUT2D eigenvalue weighted by Gasteiger charge is 2.42. The maximum Gasteiger partial charge on any atom is 0.415 e. The van der Waals surface area contributed by atoms with E-state index in [2.05, 4.69) is 0 Å². The van der Waals surface area contributed by atoms with Gasteiger partial charge in [0.05, 0.1) is 7.11 Å². The Bertz CT molecular complexity index is 1410. The van der Waals surface area contributed by atoms with Gasteiger partial charge in [-0.2, -0.15) is 0 Å². The number of methoxy groups -OCH3 is 1. The highest BCUT2D eigenvalue weighted by Crippen LogP contribution is 2.39. The number of carboxylic acid groups (broad SMARTS) is 1. The number of rotatable bonds is 9. The number of benzene rings is 3. The minimum Gasteiger partial charge on any atom is -0.497 e. The molecule has 1 fully saturated rings. The number of thioether (sulfide) groups is 1. The second kappa shape index (κ2) is 12.3. The summed E-state index contributed by atoms with van der Waals surface area (Å²) in [5.74, 6) is -0.404. The first-order valence-electron chi connectivity index (χ1n) is 13.3. The Kier molecular flexibility index (Phi) is 8.97. The normalized spacial score (nSPS) is 16.8. The number of carbonyl (C=O) groups is 3. The lowest BCUT2D eigenvalue weighted by atomic mass is 9.82. The van der Waals surface area contributed by atoms with Crippen LogP contribution in [0.1, 0.15) is 46.8 Å². The van der Waals surface area contributed by atoms with Crippen molar-refractivity contribution in [1.29, 1.82) is 0 Å². The molecule has 1 N–H and O–H groups in total. The molecule has 1 aliphatic rings. The lowest BCUT2D eigenvalue weighted by Gasteiger charge is -2.26. The second-order valence-electron chi connectivity index (χ2n) is 10.7. The zero-order valence-electron chi connectivity index (χ0n) is 24.1. The van der Waals surface area contributed by atoms with Gasteiger partial charge in [0, 0.05) is 35.4 Å². The molecule has 3 aromatic rings. The molecule has 3 aromatic carbocycles. The van der Waals surface area contributed by atoms with E-state index in [4.69, 9.17) is 14.2 Å². The predicted molar refractivity (Wildman–Crippen MR) is 158 cm³/mol. The summed E-state index contributed by atoms with van der Waals surface area (Å²) in [6.07, 6.45) is 1.44. The van der Waals surface area contributed by atoms with Gasteiger partial charge in [0.2, 0.25) is 0 Å². The third-order valence-corrected chi connectivity index (χ3v) is 8.08. The van der Waals surface area contributed by atoms with E-state index in [0.29, 0.717) is 22.8 Å². The zero-order chi connectivity index (χ0) is 29.9. The van der Waals surface area contributed by atoms with Gasteiger partial charge in [0.1, 0.15) is 17.2 Å². The zero-order valence-corrected chi connectivity index (χ0v) is 24.9. The number of aryl methyl sites for hydroxylation is 2. The number of amides is 1. The Morgan fingerprint density at radius 3 is 2.05 bits per heavy atom. The molecule has 2 atom stereocenters. The summed E-state index contributed by atoms with van der Waals surface area (Å²) in [5.41, 5.74) is 1.56. The first-order valence-corrected chi connectivity index (χ1v) is 14.5. The van der Waals surface area contributed by atoms with Crippen molar-refractivity contribution in [2.75, 3.05) is 26.5 Å². The molecule has 0 saturated carbocycles. The van der Waals surface area contributed by atoms with Gasteiger partial charge in [0.25, 0.3) is 0 Å². The molecule has 0 radical (unpaired) electrons. The van der Waals surface area contributed by atoms with Crippen LogP contribution in [0.3, 0.4) is 0 Å². The van der Waals surface area contributed by atoms with Crippen LogP contribution < -0.4 is 14.2 Å². The molecule has 0 unspecified atom stereocenters. The van der Waals surface area contributed by atoms with E-state index in [1.165, 1.54) is 13.8 Å². The summed E-state index contributed by atoms with van der Waals surface area (Å²) in [4.78, 5) is 41.3. The van der Waals surface area contributed by atoms with Crippen molar-refractivity contribution in [3.8, 4) is 17.2 Å². The Morgan fingerprint density at radius 1 is 0.927 bits per heavy atom.